The Morgan fingerprint density at radius 2 is 1.28 bits per heavy atom. The van der Waals surface area contributed by atoms with E-state index in [0.717, 1.165) is 11.1 Å². The van der Waals surface area contributed by atoms with Crippen molar-refractivity contribution in [3.05, 3.63) is 28.8 Å². The van der Waals surface area contributed by atoms with Crippen molar-refractivity contribution in [2.24, 2.45) is 0 Å². The third kappa shape index (κ3) is 3.28. The molecule has 0 radical (unpaired) electrons. The van der Waals surface area contributed by atoms with E-state index in [1.165, 1.54) is 5.56 Å². The summed E-state index contributed by atoms with van der Waals surface area (Å²) in [5.41, 5.74) is 3.36. The van der Waals surface area contributed by atoms with Gasteiger partial charge in [-0.1, -0.05) is 0 Å². The van der Waals surface area contributed by atoms with Crippen molar-refractivity contribution in [2.45, 2.75) is 59.3 Å². The van der Waals surface area contributed by atoms with Crippen LogP contribution in [0.3, 0.4) is 0 Å². The summed E-state index contributed by atoms with van der Waals surface area (Å²) in [5.74, 6) is 1.00. The fourth-order valence-corrected chi connectivity index (χ4v) is 4.17. The van der Waals surface area contributed by atoms with Gasteiger partial charge in [-0.15, -0.1) is 0 Å². The summed E-state index contributed by atoms with van der Waals surface area (Å²) in [5, 5.41) is 0. The Morgan fingerprint density at radius 3 is 1.50 bits per heavy atom. The quantitative estimate of drug-likeness (QED) is 0.867. The van der Waals surface area contributed by atoms with Gasteiger partial charge in [0.2, 0.25) is 0 Å². The third-order valence-corrected chi connectivity index (χ3v) is 4.98. The van der Waals surface area contributed by atoms with Crippen molar-refractivity contribution in [3.63, 3.8) is 0 Å². The summed E-state index contributed by atoms with van der Waals surface area (Å²) in [6, 6.07) is 4.22. The van der Waals surface area contributed by atoms with Crippen LogP contribution in [0.15, 0.2) is 12.1 Å². The van der Waals surface area contributed by atoms with Gasteiger partial charge in [-0.25, -0.2) is 0 Å². The minimum atomic E-state index is -2.88. The van der Waals surface area contributed by atoms with E-state index >= 15 is 0 Å². The summed E-state index contributed by atoms with van der Waals surface area (Å²) in [6.45, 7) is 12.7. The van der Waals surface area contributed by atoms with Gasteiger partial charge in [0.15, 0.2) is 0 Å². The monoisotopic (exact) mass is 316 g/mol. The summed E-state index contributed by atoms with van der Waals surface area (Å²) in [6.07, 6.45) is 0. The van der Waals surface area contributed by atoms with Crippen LogP contribution in [0.4, 0.5) is 0 Å². The van der Waals surface area contributed by atoms with Crippen LogP contribution >= 0.6 is 0 Å². The van der Waals surface area contributed by atoms with Gasteiger partial charge in [0.05, 0.1) is 0 Å². The van der Waals surface area contributed by atoms with E-state index in [0.29, 0.717) is 10.4 Å². The van der Waals surface area contributed by atoms with Gasteiger partial charge >= 0.3 is 115 Å². The first kappa shape index (κ1) is 15.6. The second-order valence-electron chi connectivity index (χ2n) is 5.74. The first-order valence-electron chi connectivity index (χ1n) is 6.54. The Labute approximate surface area is 115 Å². The van der Waals surface area contributed by atoms with E-state index in [1.807, 2.05) is 0 Å². The Hall–Kier alpha value is -0.501. The van der Waals surface area contributed by atoms with E-state index in [-0.39, 0.29) is 11.8 Å². The van der Waals surface area contributed by atoms with Gasteiger partial charge in [0.1, 0.15) is 0 Å². The Bertz CT molecular complexity index is 419. The summed E-state index contributed by atoms with van der Waals surface area (Å²) >= 11 is -2.88. The Kier molecular flexibility index (Phi) is 5.27. The van der Waals surface area contributed by atoms with Crippen molar-refractivity contribution in [3.8, 4) is 0 Å². The predicted octanol–water partition coefficient (Wildman–Crippen LogP) is 3.17. The van der Waals surface area contributed by atoms with Crippen LogP contribution in [0, 0.1) is 0 Å². The molecule has 0 aromatic heterocycles. The molecule has 0 aliphatic heterocycles. The molecule has 3 heteroatoms. The molecule has 0 spiro atoms. The molecule has 1 rings (SSSR count). The molecule has 0 heterocycles. The van der Waals surface area contributed by atoms with E-state index in [9.17, 15) is 8.02 Å². The topological polar surface area (TPSA) is 37.3 Å². The van der Waals surface area contributed by atoms with Crippen LogP contribution in [0.1, 0.15) is 76.0 Å². The molecule has 0 saturated heterocycles. The second kappa shape index (κ2) is 6.10. The van der Waals surface area contributed by atoms with Gasteiger partial charge in [0.25, 0.3) is 0 Å². The molecule has 0 fully saturated rings. The van der Waals surface area contributed by atoms with Crippen LogP contribution in [-0.4, -0.2) is 18.4 Å². The first-order valence-corrected chi connectivity index (χ1v) is 8.86. The normalized spacial score (nSPS) is 13.7. The Morgan fingerprint density at radius 1 is 0.889 bits per heavy atom. The first-order chi connectivity index (χ1) is 8.25. The number of benzene rings is 1. The summed E-state index contributed by atoms with van der Waals surface area (Å²) in [4.78, 5) is 0. The van der Waals surface area contributed by atoms with Crippen LogP contribution in [-0.2, 0) is 3.83 Å². The van der Waals surface area contributed by atoms with E-state index in [4.69, 9.17) is 0 Å². The van der Waals surface area contributed by atoms with Crippen LogP contribution in [0.5, 0.6) is 0 Å². The molecule has 1 atom stereocenters. The number of hydrogen-bond acceptors (Lipinski definition) is 1. The third-order valence-electron chi connectivity index (χ3n) is 3.25. The van der Waals surface area contributed by atoms with Gasteiger partial charge in [-0.3, -0.25) is 0 Å². The molecule has 0 amide bonds. The van der Waals surface area contributed by atoms with E-state index in [2.05, 4.69) is 53.7 Å². The van der Waals surface area contributed by atoms with E-state index in [1.54, 1.807) is 0 Å². The molecule has 0 bridgehead atoms. The molecule has 102 valence electrons. The predicted molar refractivity (Wildman–Crippen MR) is 77.0 cm³/mol. The molecule has 0 saturated carbocycles. The molecule has 1 aromatic carbocycles. The molecule has 1 N–H and O–H groups in total. The van der Waals surface area contributed by atoms with Crippen molar-refractivity contribution in [2.75, 3.05) is 0 Å². The average molecular weight is 315 g/mol. The van der Waals surface area contributed by atoms with E-state index < -0.39 is 14.2 Å². The standard InChI is InChI=1S/C15H24O2Se/c1-9(2)12-7-13(10(3)4)15(18(16)17)14(8-12)11(5)6/h7-11H,1-6H3,(H,16,17). The van der Waals surface area contributed by atoms with Crippen molar-refractivity contribution in [1.82, 2.24) is 0 Å². The summed E-state index contributed by atoms with van der Waals surface area (Å²) in [7, 11) is 0. The van der Waals surface area contributed by atoms with Crippen LogP contribution in [0.25, 0.3) is 0 Å². The second-order valence-corrected chi connectivity index (χ2v) is 7.64. The van der Waals surface area contributed by atoms with Gasteiger partial charge in [0, 0.05) is 0 Å². The summed E-state index contributed by atoms with van der Waals surface area (Å²) < 4.78 is 22.1. The van der Waals surface area contributed by atoms with Gasteiger partial charge in [-0.2, -0.15) is 0 Å². The Balaban J connectivity index is 3.60. The van der Waals surface area contributed by atoms with Gasteiger partial charge in [-0.05, 0) is 0 Å². The molecule has 1 unspecified atom stereocenters. The molecule has 1 aromatic rings. The zero-order valence-electron chi connectivity index (χ0n) is 12.2. The molecule has 2 nitrogen and oxygen atoms in total. The van der Waals surface area contributed by atoms with Crippen molar-refractivity contribution < 1.29 is 8.02 Å². The molecule has 18 heavy (non-hydrogen) atoms. The van der Waals surface area contributed by atoms with Crippen molar-refractivity contribution in [1.29, 1.82) is 0 Å². The van der Waals surface area contributed by atoms with Crippen LogP contribution < -0.4 is 4.46 Å². The molecule has 0 aliphatic rings. The number of hydrogen-bond donors (Lipinski definition) is 1. The minimum absolute atomic E-state index is 0.281. The SMILES string of the molecule is CC(C)c1cc(C(C)C)c([Se](=O)O)c(C(C)C)c1. The zero-order chi connectivity index (χ0) is 14.0. The fourth-order valence-electron chi connectivity index (χ4n) is 2.09. The van der Waals surface area contributed by atoms with Crippen LogP contribution in [0.2, 0.25) is 0 Å². The van der Waals surface area contributed by atoms with Crippen molar-refractivity contribution >= 4 is 18.6 Å². The molecular weight excluding hydrogens is 291 g/mol. The molecular formula is C15H24O2Se. The zero-order valence-corrected chi connectivity index (χ0v) is 13.9. The maximum absolute atomic E-state index is 11.7. The fraction of sp³-hybridized carbons (Fsp3) is 0.600. The average Bonchev–Trinajstić information content (AvgIpc) is 2.26. The van der Waals surface area contributed by atoms with Gasteiger partial charge < -0.3 is 0 Å². The maximum atomic E-state index is 11.7. The molecule has 0 aliphatic carbocycles. The number of rotatable bonds is 4.